The summed E-state index contributed by atoms with van der Waals surface area (Å²) in [5, 5.41) is 8.54. The van der Waals surface area contributed by atoms with Crippen molar-refractivity contribution in [2.45, 2.75) is 6.18 Å². The number of aromatic carboxylic acids is 1. The van der Waals surface area contributed by atoms with E-state index in [0.717, 1.165) is 0 Å². The number of alkyl halides is 3. The summed E-state index contributed by atoms with van der Waals surface area (Å²) in [7, 11) is 0. The number of carbonyl (C=O) groups is 1. The number of hydrogen-bond acceptors (Lipinski definition) is 2. The molecular formula is C7H3F3INO2. The van der Waals surface area contributed by atoms with Gasteiger partial charge in [0.05, 0.1) is 11.1 Å². The minimum absolute atomic E-state index is 0.0306. The van der Waals surface area contributed by atoms with E-state index >= 15 is 0 Å². The van der Waals surface area contributed by atoms with Crippen LogP contribution in [-0.4, -0.2) is 16.1 Å². The van der Waals surface area contributed by atoms with Crippen molar-refractivity contribution in [3.63, 3.8) is 0 Å². The molecular weight excluding hydrogens is 314 g/mol. The summed E-state index contributed by atoms with van der Waals surface area (Å²) in [5.74, 6) is -1.42. The quantitative estimate of drug-likeness (QED) is 0.639. The van der Waals surface area contributed by atoms with Gasteiger partial charge in [0.2, 0.25) is 0 Å². The Morgan fingerprint density at radius 1 is 1.50 bits per heavy atom. The Bertz CT molecular complexity index is 378. The molecule has 0 radical (unpaired) electrons. The van der Waals surface area contributed by atoms with E-state index in [1.54, 1.807) is 22.6 Å². The van der Waals surface area contributed by atoms with Crippen LogP contribution in [0.25, 0.3) is 0 Å². The summed E-state index contributed by atoms with van der Waals surface area (Å²) in [6.07, 6.45) is -3.96. The second-order valence-corrected chi connectivity index (χ2v) is 3.39. The summed E-state index contributed by atoms with van der Waals surface area (Å²) in [6.45, 7) is 0. The fourth-order valence-corrected chi connectivity index (χ4v) is 1.28. The molecule has 0 saturated carbocycles. The third kappa shape index (κ3) is 2.34. The molecule has 1 aromatic rings. The molecule has 0 saturated heterocycles. The molecule has 76 valence electrons. The molecule has 0 spiro atoms. The van der Waals surface area contributed by atoms with Crippen LogP contribution in [0.2, 0.25) is 0 Å². The Kier molecular flexibility index (Phi) is 2.98. The van der Waals surface area contributed by atoms with Gasteiger partial charge in [-0.1, -0.05) is 0 Å². The Hall–Kier alpha value is -0.860. The molecule has 0 fully saturated rings. The Morgan fingerprint density at radius 3 is 2.50 bits per heavy atom. The van der Waals surface area contributed by atoms with Gasteiger partial charge in [-0.25, -0.2) is 9.78 Å². The lowest BCUT2D eigenvalue weighted by atomic mass is 10.2. The Morgan fingerprint density at radius 2 is 2.07 bits per heavy atom. The first-order valence-corrected chi connectivity index (χ1v) is 4.36. The topological polar surface area (TPSA) is 50.2 Å². The predicted molar refractivity (Wildman–Crippen MR) is 48.9 cm³/mol. The number of halogens is 4. The lowest BCUT2D eigenvalue weighted by Crippen LogP contribution is -2.10. The van der Waals surface area contributed by atoms with Crippen molar-refractivity contribution in [3.05, 3.63) is 27.1 Å². The van der Waals surface area contributed by atoms with Gasteiger partial charge in [-0.15, -0.1) is 0 Å². The molecule has 0 aromatic carbocycles. The minimum Gasteiger partial charge on any atom is -0.478 e. The molecule has 0 amide bonds. The minimum atomic E-state index is -4.57. The van der Waals surface area contributed by atoms with Crippen molar-refractivity contribution in [1.82, 2.24) is 4.98 Å². The summed E-state index contributed by atoms with van der Waals surface area (Å²) in [6, 6.07) is 0.567. The third-order valence-corrected chi connectivity index (χ3v) is 2.26. The van der Waals surface area contributed by atoms with E-state index in [4.69, 9.17) is 5.11 Å². The number of nitrogens with zero attached hydrogens (tertiary/aromatic N) is 1. The zero-order valence-corrected chi connectivity index (χ0v) is 8.63. The molecule has 1 heterocycles. The largest absolute Gasteiger partial charge is 0.478 e. The lowest BCUT2D eigenvalue weighted by Gasteiger charge is -2.07. The van der Waals surface area contributed by atoms with E-state index in [0.29, 0.717) is 12.3 Å². The van der Waals surface area contributed by atoms with Crippen molar-refractivity contribution in [2.75, 3.05) is 0 Å². The van der Waals surface area contributed by atoms with Gasteiger partial charge in [-0.3, -0.25) is 0 Å². The number of hydrogen-bond donors (Lipinski definition) is 1. The highest BCUT2D eigenvalue weighted by molar-refractivity contribution is 14.1. The van der Waals surface area contributed by atoms with Crippen molar-refractivity contribution in [2.24, 2.45) is 0 Å². The molecule has 0 unspecified atom stereocenters. The van der Waals surface area contributed by atoms with Crippen LogP contribution in [0.5, 0.6) is 0 Å². The molecule has 0 aliphatic heterocycles. The summed E-state index contributed by atoms with van der Waals surface area (Å²) in [4.78, 5) is 13.8. The van der Waals surface area contributed by atoms with Crippen LogP contribution in [0.1, 0.15) is 15.9 Å². The average molecular weight is 317 g/mol. The molecule has 1 aromatic heterocycles. The van der Waals surface area contributed by atoms with Crippen LogP contribution in [0.3, 0.4) is 0 Å². The van der Waals surface area contributed by atoms with Crippen LogP contribution in [0, 0.1) is 3.70 Å². The average Bonchev–Trinajstić information content (AvgIpc) is 2.02. The second kappa shape index (κ2) is 3.71. The zero-order chi connectivity index (χ0) is 10.9. The molecule has 1 N–H and O–H groups in total. The SMILES string of the molecule is O=C(O)c1cc(C(F)(F)F)cnc1I. The zero-order valence-electron chi connectivity index (χ0n) is 6.47. The normalized spacial score (nSPS) is 11.4. The van der Waals surface area contributed by atoms with Crippen molar-refractivity contribution in [1.29, 1.82) is 0 Å². The van der Waals surface area contributed by atoms with E-state index in [9.17, 15) is 18.0 Å². The van der Waals surface area contributed by atoms with Crippen LogP contribution in [-0.2, 0) is 6.18 Å². The monoisotopic (exact) mass is 317 g/mol. The molecule has 7 heteroatoms. The maximum Gasteiger partial charge on any atom is 0.417 e. The van der Waals surface area contributed by atoms with Gasteiger partial charge in [0, 0.05) is 6.20 Å². The van der Waals surface area contributed by atoms with Gasteiger partial charge < -0.3 is 5.11 Å². The fourth-order valence-electron chi connectivity index (χ4n) is 0.753. The molecule has 1 rings (SSSR count). The van der Waals surface area contributed by atoms with Crippen LogP contribution in [0.15, 0.2) is 12.3 Å². The van der Waals surface area contributed by atoms with Gasteiger partial charge >= 0.3 is 12.1 Å². The van der Waals surface area contributed by atoms with Crippen LogP contribution >= 0.6 is 22.6 Å². The highest BCUT2D eigenvalue weighted by Gasteiger charge is 2.32. The van der Waals surface area contributed by atoms with Gasteiger partial charge in [0.25, 0.3) is 0 Å². The standard InChI is InChI=1S/C7H3F3INO2/c8-7(9,10)3-1-4(6(13)14)5(11)12-2-3/h1-2H,(H,13,14). The third-order valence-electron chi connectivity index (χ3n) is 1.40. The summed E-state index contributed by atoms with van der Waals surface area (Å²) >= 11 is 1.56. The van der Waals surface area contributed by atoms with E-state index in [-0.39, 0.29) is 3.70 Å². The van der Waals surface area contributed by atoms with E-state index in [1.165, 1.54) is 0 Å². The number of carboxylic acids is 1. The van der Waals surface area contributed by atoms with E-state index in [1.807, 2.05) is 0 Å². The van der Waals surface area contributed by atoms with Crippen molar-refractivity contribution in [3.8, 4) is 0 Å². The number of carboxylic acid groups (broad SMARTS) is 1. The van der Waals surface area contributed by atoms with Gasteiger partial charge in [-0.2, -0.15) is 13.2 Å². The first-order valence-electron chi connectivity index (χ1n) is 3.28. The number of aromatic nitrogens is 1. The smallest absolute Gasteiger partial charge is 0.417 e. The summed E-state index contributed by atoms with van der Waals surface area (Å²) < 4.78 is 36.4. The number of pyridine rings is 1. The summed E-state index contributed by atoms with van der Waals surface area (Å²) in [5.41, 5.74) is -1.50. The van der Waals surface area contributed by atoms with Gasteiger partial charge in [-0.05, 0) is 28.7 Å². The van der Waals surface area contributed by atoms with Crippen molar-refractivity contribution >= 4 is 28.6 Å². The highest BCUT2D eigenvalue weighted by atomic mass is 127. The molecule has 3 nitrogen and oxygen atoms in total. The van der Waals surface area contributed by atoms with Crippen LogP contribution in [0.4, 0.5) is 13.2 Å². The first kappa shape index (κ1) is 11.2. The molecule has 0 aliphatic carbocycles. The first-order chi connectivity index (χ1) is 6.32. The molecule has 0 atom stereocenters. The van der Waals surface area contributed by atoms with Crippen LogP contribution < -0.4 is 0 Å². The fraction of sp³-hybridized carbons (Fsp3) is 0.143. The van der Waals surface area contributed by atoms with Gasteiger partial charge in [0.15, 0.2) is 0 Å². The Balaban J connectivity index is 3.27. The van der Waals surface area contributed by atoms with Gasteiger partial charge in [0.1, 0.15) is 3.70 Å². The van der Waals surface area contributed by atoms with E-state index in [2.05, 4.69) is 4.98 Å². The maximum absolute atomic E-state index is 12.1. The van der Waals surface area contributed by atoms with Crippen molar-refractivity contribution < 1.29 is 23.1 Å². The number of rotatable bonds is 1. The molecule has 14 heavy (non-hydrogen) atoms. The Labute approximate surface area is 90.1 Å². The lowest BCUT2D eigenvalue weighted by molar-refractivity contribution is -0.137. The molecule has 0 bridgehead atoms. The predicted octanol–water partition coefficient (Wildman–Crippen LogP) is 2.40. The van der Waals surface area contributed by atoms with E-state index < -0.39 is 23.3 Å². The highest BCUT2D eigenvalue weighted by Crippen LogP contribution is 2.29. The molecule has 0 aliphatic rings. The maximum atomic E-state index is 12.1. The second-order valence-electron chi connectivity index (χ2n) is 2.37.